The third-order valence-corrected chi connectivity index (χ3v) is 2.99. The molecule has 100 valence electrons. The Morgan fingerprint density at radius 1 is 0.850 bits per heavy atom. The topological polar surface area (TPSA) is 25.8 Å². The highest BCUT2D eigenvalue weighted by atomic mass is 19.4. The Morgan fingerprint density at radius 3 is 2.25 bits per heavy atom. The quantitative estimate of drug-likeness (QED) is 0.660. The molecule has 2 aromatic carbocycles. The van der Waals surface area contributed by atoms with Gasteiger partial charge in [-0.1, -0.05) is 30.3 Å². The average Bonchev–Trinajstić information content (AvgIpc) is 2.46. The number of hydrogen-bond acceptors (Lipinski definition) is 2. The van der Waals surface area contributed by atoms with E-state index in [1.54, 1.807) is 24.3 Å². The predicted octanol–water partition coefficient (Wildman–Crippen LogP) is 4.32. The fourth-order valence-corrected chi connectivity index (χ4v) is 2.08. The molecule has 0 bridgehead atoms. The molecule has 20 heavy (non-hydrogen) atoms. The molecule has 5 heteroatoms. The SMILES string of the molecule is FC(F)(F)c1cc(-c2ccccc2)c2nccnc2c1. The largest absolute Gasteiger partial charge is 0.416 e. The van der Waals surface area contributed by atoms with Crippen LogP contribution in [-0.2, 0) is 6.18 Å². The fourth-order valence-electron chi connectivity index (χ4n) is 2.08. The Morgan fingerprint density at radius 2 is 1.55 bits per heavy atom. The van der Waals surface area contributed by atoms with E-state index in [1.807, 2.05) is 6.07 Å². The van der Waals surface area contributed by atoms with Crippen LogP contribution in [0.4, 0.5) is 13.2 Å². The van der Waals surface area contributed by atoms with Crippen molar-refractivity contribution < 1.29 is 13.2 Å². The summed E-state index contributed by atoms with van der Waals surface area (Å²) in [5, 5.41) is 0. The summed E-state index contributed by atoms with van der Waals surface area (Å²) in [7, 11) is 0. The zero-order valence-corrected chi connectivity index (χ0v) is 10.2. The van der Waals surface area contributed by atoms with Gasteiger partial charge in [0, 0.05) is 18.0 Å². The summed E-state index contributed by atoms with van der Waals surface area (Å²) in [5.41, 5.74) is 1.10. The van der Waals surface area contributed by atoms with Crippen molar-refractivity contribution in [2.45, 2.75) is 6.18 Å². The lowest BCUT2D eigenvalue weighted by molar-refractivity contribution is -0.137. The smallest absolute Gasteiger partial charge is 0.253 e. The molecule has 0 unspecified atom stereocenters. The van der Waals surface area contributed by atoms with E-state index in [1.165, 1.54) is 12.4 Å². The van der Waals surface area contributed by atoms with E-state index in [9.17, 15) is 13.2 Å². The van der Waals surface area contributed by atoms with Crippen molar-refractivity contribution in [2.24, 2.45) is 0 Å². The van der Waals surface area contributed by atoms with Gasteiger partial charge in [0.2, 0.25) is 0 Å². The summed E-state index contributed by atoms with van der Waals surface area (Å²) in [4.78, 5) is 8.13. The van der Waals surface area contributed by atoms with Crippen LogP contribution < -0.4 is 0 Å². The van der Waals surface area contributed by atoms with Gasteiger partial charge in [0.1, 0.15) is 0 Å². The van der Waals surface area contributed by atoms with Gasteiger partial charge in [-0.3, -0.25) is 9.97 Å². The van der Waals surface area contributed by atoms with Gasteiger partial charge in [-0.15, -0.1) is 0 Å². The molecule has 0 aliphatic heterocycles. The fraction of sp³-hybridized carbons (Fsp3) is 0.0667. The highest BCUT2D eigenvalue weighted by molar-refractivity contribution is 5.92. The monoisotopic (exact) mass is 274 g/mol. The van der Waals surface area contributed by atoms with Crippen LogP contribution in [0.15, 0.2) is 54.9 Å². The molecule has 1 aromatic heterocycles. The second-order valence-corrected chi connectivity index (χ2v) is 4.31. The molecule has 0 radical (unpaired) electrons. The maximum atomic E-state index is 13.0. The first-order valence-electron chi connectivity index (χ1n) is 5.93. The molecule has 0 spiro atoms. The van der Waals surface area contributed by atoms with E-state index >= 15 is 0 Å². The van der Waals surface area contributed by atoms with E-state index < -0.39 is 11.7 Å². The number of aromatic nitrogens is 2. The highest BCUT2D eigenvalue weighted by Crippen LogP contribution is 2.35. The number of fused-ring (bicyclic) bond motifs is 1. The molecule has 3 rings (SSSR count). The third-order valence-electron chi connectivity index (χ3n) is 2.99. The normalized spacial score (nSPS) is 11.8. The molecule has 2 nitrogen and oxygen atoms in total. The Hall–Kier alpha value is -2.43. The van der Waals surface area contributed by atoms with Gasteiger partial charge in [0.05, 0.1) is 16.6 Å². The van der Waals surface area contributed by atoms with E-state index in [2.05, 4.69) is 9.97 Å². The van der Waals surface area contributed by atoms with Crippen LogP contribution in [0.5, 0.6) is 0 Å². The average molecular weight is 274 g/mol. The number of benzene rings is 2. The van der Waals surface area contributed by atoms with Gasteiger partial charge in [-0.2, -0.15) is 13.2 Å². The van der Waals surface area contributed by atoms with Gasteiger partial charge in [0.15, 0.2) is 0 Å². The first kappa shape index (κ1) is 12.6. The molecule has 0 atom stereocenters. The highest BCUT2D eigenvalue weighted by Gasteiger charge is 2.31. The van der Waals surface area contributed by atoms with Gasteiger partial charge in [-0.25, -0.2) is 0 Å². The van der Waals surface area contributed by atoms with E-state index in [-0.39, 0.29) is 5.52 Å². The molecule has 0 aliphatic carbocycles. The summed E-state index contributed by atoms with van der Waals surface area (Å²) in [6, 6.07) is 11.0. The van der Waals surface area contributed by atoms with Gasteiger partial charge in [0.25, 0.3) is 0 Å². The van der Waals surface area contributed by atoms with Crippen molar-refractivity contribution in [1.82, 2.24) is 9.97 Å². The summed E-state index contributed by atoms with van der Waals surface area (Å²) < 4.78 is 38.9. The molecule has 0 aliphatic rings. The maximum Gasteiger partial charge on any atom is 0.416 e. The molecule has 0 saturated carbocycles. The van der Waals surface area contributed by atoms with Crippen LogP contribution in [0.25, 0.3) is 22.2 Å². The minimum Gasteiger partial charge on any atom is -0.253 e. The lowest BCUT2D eigenvalue weighted by Crippen LogP contribution is -2.05. The number of hydrogen-bond donors (Lipinski definition) is 0. The summed E-state index contributed by atoms with van der Waals surface area (Å²) >= 11 is 0. The zero-order valence-electron chi connectivity index (χ0n) is 10.2. The summed E-state index contributed by atoms with van der Waals surface area (Å²) in [5.74, 6) is 0. The van der Waals surface area contributed by atoms with Crippen molar-refractivity contribution in [3.63, 3.8) is 0 Å². The minimum absolute atomic E-state index is 0.237. The molecule has 0 N–H and O–H groups in total. The Balaban J connectivity index is 2.34. The molecule has 0 amide bonds. The molecule has 0 fully saturated rings. The van der Waals surface area contributed by atoms with E-state index in [4.69, 9.17) is 0 Å². The second kappa shape index (κ2) is 4.59. The van der Waals surface area contributed by atoms with Gasteiger partial charge >= 0.3 is 6.18 Å². The maximum absolute atomic E-state index is 13.0. The molecule has 3 aromatic rings. The van der Waals surface area contributed by atoms with Crippen molar-refractivity contribution >= 4 is 11.0 Å². The Bertz CT molecular complexity index is 752. The number of nitrogens with zero attached hydrogens (tertiary/aromatic N) is 2. The number of rotatable bonds is 1. The van der Waals surface area contributed by atoms with Gasteiger partial charge in [-0.05, 0) is 17.7 Å². The van der Waals surface area contributed by atoms with Crippen molar-refractivity contribution in [2.75, 3.05) is 0 Å². The standard InChI is InChI=1S/C15H9F3N2/c16-15(17,18)11-8-12(10-4-2-1-3-5-10)14-13(9-11)19-6-7-20-14/h1-9H. The van der Waals surface area contributed by atoms with E-state index in [0.717, 1.165) is 12.1 Å². The minimum atomic E-state index is -4.41. The third kappa shape index (κ3) is 2.22. The van der Waals surface area contributed by atoms with Crippen molar-refractivity contribution in [1.29, 1.82) is 0 Å². The predicted molar refractivity (Wildman–Crippen MR) is 70.0 cm³/mol. The summed E-state index contributed by atoms with van der Waals surface area (Å²) in [6.07, 6.45) is -1.55. The molecule has 0 saturated heterocycles. The van der Waals surface area contributed by atoms with Crippen molar-refractivity contribution in [3.8, 4) is 11.1 Å². The van der Waals surface area contributed by atoms with Crippen LogP contribution in [0.1, 0.15) is 5.56 Å². The zero-order chi connectivity index (χ0) is 14.2. The number of alkyl halides is 3. The van der Waals surface area contributed by atoms with Crippen LogP contribution in [0.3, 0.4) is 0 Å². The Labute approximate surface area is 112 Å². The Kier molecular flexibility index (Phi) is 2.89. The molecular formula is C15H9F3N2. The van der Waals surface area contributed by atoms with E-state index in [0.29, 0.717) is 16.6 Å². The lowest BCUT2D eigenvalue weighted by atomic mass is 10.0. The lowest BCUT2D eigenvalue weighted by Gasteiger charge is -2.11. The molecular weight excluding hydrogens is 265 g/mol. The van der Waals surface area contributed by atoms with Crippen LogP contribution in [0.2, 0.25) is 0 Å². The van der Waals surface area contributed by atoms with Crippen molar-refractivity contribution in [3.05, 3.63) is 60.4 Å². The van der Waals surface area contributed by atoms with Gasteiger partial charge < -0.3 is 0 Å². The van der Waals surface area contributed by atoms with Crippen LogP contribution >= 0.6 is 0 Å². The first-order valence-corrected chi connectivity index (χ1v) is 5.93. The second-order valence-electron chi connectivity index (χ2n) is 4.31. The van der Waals surface area contributed by atoms with Crippen LogP contribution in [0, 0.1) is 0 Å². The number of halogens is 3. The molecule has 1 heterocycles. The van der Waals surface area contributed by atoms with Crippen LogP contribution in [-0.4, -0.2) is 9.97 Å². The first-order chi connectivity index (χ1) is 9.55. The summed E-state index contributed by atoms with van der Waals surface area (Å²) in [6.45, 7) is 0.